The fraction of sp³-hybridized carbons (Fsp3) is 0.263. The molecule has 0 unspecified atom stereocenters. The van der Waals surface area contributed by atoms with Crippen molar-refractivity contribution in [2.45, 2.75) is 20.3 Å². The number of hydrogen-bond acceptors (Lipinski definition) is 5. The second kappa shape index (κ2) is 7.40. The topological polar surface area (TPSA) is 92.8 Å². The van der Waals surface area contributed by atoms with Gasteiger partial charge in [-0.15, -0.1) is 0 Å². The summed E-state index contributed by atoms with van der Waals surface area (Å²) < 4.78 is 30.7. The minimum atomic E-state index is -3.31. The third kappa shape index (κ3) is 4.11. The van der Waals surface area contributed by atoms with Gasteiger partial charge >= 0.3 is 5.97 Å². The van der Waals surface area contributed by atoms with Crippen molar-refractivity contribution in [1.29, 1.82) is 0 Å². The SMILES string of the molecule is CC(=O)Oc1ccccc1C(=O)Nc1cc(N2CCCS2(=O)=O)ccc1C. The van der Waals surface area contributed by atoms with Crippen molar-refractivity contribution in [3.63, 3.8) is 0 Å². The number of anilines is 2. The Labute approximate surface area is 158 Å². The summed E-state index contributed by atoms with van der Waals surface area (Å²) >= 11 is 0. The fourth-order valence-corrected chi connectivity index (χ4v) is 4.47. The van der Waals surface area contributed by atoms with E-state index in [0.717, 1.165) is 5.56 Å². The molecule has 1 N–H and O–H groups in total. The molecule has 8 heteroatoms. The normalized spacial score (nSPS) is 15.4. The van der Waals surface area contributed by atoms with Crippen molar-refractivity contribution in [2.24, 2.45) is 0 Å². The summed E-state index contributed by atoms with van der Waals surface area (Å²) in [5.74, 6) is -0.680. The first-order valence-electron chi connectivity index (χ1n) is 8.48. The highest BCUT2D eigenvalue weighted by Crippen LogP contribution is 2.29. The van der Waals surface area contributed by atoms with E-state index in [1.54, 1.807) is 36.4 Å². The molecule has 1 heterocycles. The molecule has 27 heavy (non-hydrogen) atoms. The molecule has 3 rings (SSSR count). The Hall–Kier alpha value is -2.87. The van der Waals surface area contributed by atoms with Gasteiger partial charge in [-0.1, -0.05) is 18.2 Å². The van der Waals surface area contributed by atoms with Crippen LogP contribution in [0.25, 0.3) is 0 Å². The molecule has 1 aliphatic rings. The number of nitrogens with zero attached hydrogens (tertiary/aromatic N) is 1. The highest BCUT2D eigenvalue weighted by molar-refractivity contribution is 7.93. The Morgan fingerprint density at radius 2 is 1.89 bits per heavy atom. The molecule has 1 amide bonds. The number of sulfonamides is 1. The zero-order chi connectivity index (χ0) is 19.6. The summed E-state index contributed by atoms with van der Waals surface area (Å²) in [6.07, 6.45) is 0.577. The number of para-hydroxylation sites is 1. The zero-order valence-electron chi connectivity index (χ0n) is 15.1. The van der Waals surface area contributed by atoms with Gasteiger partial charge in [0.05, 0.1) is 17.0 Å². The molecule has 142 valence electrons. The average molecular weight is 388 g/mol. The maximum Gasteiger partial charge on any atom is 0.308 e. The van der Waals surface area contributed by atoms with E-state index in [4.69, 9.17) is 4.74 Å². The first kappa shape index (κ1) is 18.9. The van der Waals surface area contributed by atoms with E-state index < -0.39 is 21.9 Å². The molecule has 0 aliphatic carbocycles. The quantitative estimate of drug-likeness (QED) is 0.642. The van der Waals surface area contributed by atoms with Crippen LogP contribution in [0.15, 0.2) is 42.5 Å². The molecular formula is C19H20N2O5S. The van der Waals surface area contributed by atoms with Crippen LogP contribution in [0, 0.1) is 6.92 Å². The molecule has 0 spiro atoms. The maximum absolute atomic E-state index is 12.7. The van der Waals surface area contributed by atoms with E-state index in [1.807, 2.05) is 6.92 Å². The van der Waals surface area contributed by atoms with Crippen LogP contribution in [-0.4, -0.2) is 32.6 Å². The second-order valence-corrected chi connectivity index (χ2v) is 8.30. The predicted octanol–water partition coefficient (Wildman–Crippen LogP) is 2.71. The highest BCUT2D eigenvalue weighted by Gasteiger charge is 2.28. The van der Waals surface area contributed by atoms with Gasteiger partial charge in [0.15, 0.2) is 0 Å². The van der Waals surface area contributed by atoms with Gasteiger partial charge < -0.3 is 10.1 Å². The molecule has 0 aromatic heterocycles. The number of carbonyl (C=O) groups excluding carboxylic acids is 2. The molecule has 1 aliphatic heterocycles. The standard InChI is InChI=1S/C19H20N2O5S/c1-13-8-9-15(21-10-5-11-27(21,24)25)12-17(13)20-19(23)16-6-3-4-7-18(16)26-14(2)22/h3-4,6-9,12H,5,10-11H2,1-2H3,(H,20,23). The molecule has 0 atom stereocenters. The summed E-state index contributed by atoms with van der Waals surface area (Å²) in [5.41, 5.74) is 2.01. The molecular weight excluding hydrogens is 368 g/mol. The molecule has 2 aromatic carbocycles. The van der Waals surface area contributed by atoms with Crippen molar-refractivity contribution in [1.82, 2.24) is 0 Å². The largest absolute Gasteiger partial charge is 0.426 e. The monoisotopic (exact) mass is 388 g/mol. The smallest absolute Gasteiger partial charge is 0.308 e. The fourth-order valence-electron chi connectivity index (χ4n) is 2.92. The van der Waals surface area contributed by atoms with Crippen LogP contribution >= 0.6 is 0 Å². The number of aryl methyl sites for hydroxylation is 1. The number of ether oxygens (including phenoxy) is 1. The minimum Gasteiger partial charge on any atom is -0.426 e. The van der Waals surface area contributed by atoms with Gasteiger partial charge in [-0.2, -0.15) is 0 Å². The van der Waals surface area contributed by atoms with Crippen LogP contribution in [0.4, 0.5) is 11.4 Å². The summed E-state index contributed by atoms with van der Waals surface area (Å²) in [6.45, 7) is 3.50. The lowest BCUT2D eigenvalue weighted by molar-refractivity contribution is -0.131. The molecule has 2 aromatic rings. The van der Waals surface area contributed by atoms with Gasteiger partial charge in [-0.05, 0) is 43.2 Å². The number of rotatable bonds is 4. The van der Waals surface area contributed by atoms with Crippen molar-refractivity contribution in [3.05, 3.63) is 53.6 Å². The van der Waals surface area contributed by atoms with Crippen molar-refractivity contribution in [2.75, 3.05) is 21.9 Å². The number of esters is 1. The van der Waals surface area contributed by atoms with E-state index >= 15 is 0 Å². The van der Waals surface area contributed by atoms with Gasteiger partial charge in [-0.3, -0.25) is 13.9 Å². The molecule has 0 saturated carbocycles. The summed E-state index contributed by atoms with van der Waals surface area (Å²) in [4.78, 5) is 23.9. The van der Waals surface area contributed by atoms with Crippen LogP contribution in [0.2, 0.25) is 0 Å². The Bertz CT molecular complexity index is 1000. The van der Waals surface area contributed by atoms with Gasteiger partial charge in [0.1, 0.15) is 5.75 Å². The molecule has 0 bridgehead atoms. The predicted molar refractivity (Wildman–Crippen MR) is 103 cm³/mol. The summed E-state index contributed by atoms with van der Waals surface area (Å²) in [5, 5.41) is 2.78. The highest BCUT2D eigenvalue weighted by atomic mass is 32.2. The zero-order valence-corrected chi connectivity index (χ0v) is 15.9. The van der Waals surface area contributed by atoms with Gasteiger partial charge in [-0.25, -0.2) is 8.42 Å². The Morgan fingerprint density at radius 3 is 2.56 bits per heavy atom. The lowest BCUT2D eigenvalue weighted by atomic mass is 10.1. The number of benzene rings is 2. The van der Waals surface area contributed by atoms with Gasteiger partial charge in [0, 0.05) is 19.2 Å². The maximum atomic E-state index is 12.7. The third-order valence-corrected chi connectivity index (χ3v) is 6.11. The summed E-state index contributed by atoms with van der Waals surface area (Å²) in [7, 11) is -3.31. The number of amides is 1. The van der Waals surface area contributed by atoms with Crippen LogP contribution in [0.1, 0.15) is 29.3 Å². The van der Waals surface area contributed by atoms with E-state index in [0.29, 0.717) is 24.3 Å². The Kier molecular flexibility index (Phi) is 5.18. The van der Waals surface area contributed by atoms with E-state index in [-0.39, 0.29) is 17.1 Å². The minimum absolute atomic E-state index is 0.123. The van der Waals surface area contributed by atoms with Gasteiger partial charge in [0.25, 0.3) is 5.91 Å². The second-order valence-electron chi connectivity index (χ2n) is 6.28. The van der Waals surface area contributed by atoms with Crippen LogP contribution in [-0.2, 0) is 14.8 Å². The Balaban J connectivity index is 1.89. The van der Waals surface area contributed by atoms with Crippen LogP contribution in [0.5, 0.6) is 5.75 Å². The lowest BCUT2D eigenvalue weighted by Crippen LogP contribution is -2.25. The van der Waals surface area contributed by atoms with E-state index in [2.05, 4.69) is 5.32 Å². The molecule has 7 nitrogen and oxygen atoms in total. The van der Waals surface area contributed by atoms with E-state index in [9.17, 15) is 18.0 Å². The van der Waals surface area contributed by atoms with E-state index in [1.165, 1.54) is 17.3 Å². The first-order chi connectivity index (χ1) is 12.8. The lowest BCUT2D eigenvalue weighted by Gasteiger charge is -2.19. The average Bonchev–Trinajstić information content (AvgIpc) is 2.96. The summed E-state index contributed by atoms with van der Waals surface area (Å²) in [6, 6.07) is 11.6. The van der Waals surface area contributed by atoms with Crippen molar-refractivity contribution >= 4 is 33.3 Å². The third-order valence-electron chi connectivity index (χ3n) is 4.24. The molecule has 1 saturated heterocycles. The van der Waals surface area contributed by atoms with Crippen LogP contribution < -0.4 is 14.4 Å². The van der Waals surface area contributed by atoms with Gasteiger partial charge in [0.2, 0.25) is 10.0 Å². The van der Waals surface area contributed by atoms with Crippen molar-refractivity contribution < 1.29 is 22.7 Å². The number of hydrogen-bond donors (Lipinski definition) is 1. The first-order valence-corrected chi connectivity index (χ1v) is 10.1. The Morgan fingerprint density at radius 1 is 1.15 bits per heavy atom. The number of nitrogens with one attached hydrogen (secondary N) is 1. The molecule has 0 radical (unpaired) electrons. The van der Waals surface area contributed by atoms with Crippen molar-refractivity contribution in [3.8, 4) is 5.75 Å². The number of carbonyl (C=O) groups is 2. The molecule has 1 fully saturated rings. The van der Waals surface area contributed by atoms with Crippen LogP contribution in [0.3, 0.4) is 0 Å².